The minimum atomic E-state index is -1.01. The van der Waals surface area contributed by atoms with Crippen molar-refractivity contribution in [2.75, 3.05) is 0 Å². The zero-order valence-electron chi connectivity index (χ0n) is 7.14. The normalized spacial score (nSPS) is 29.6. The van der Waals surface area contributed by atoms with Crippen LogP contribution in [0.15, 0.2) is 10.3 Å². The van der Waals surface area contributed by atoms with Gasteiger partial charge in [0.15, 0.2) is 0 Å². The monoisotopic (exact) mass is 226 g/mol. The van der Waals surface area contributed by atoms with Crippen LogP contribution in [0.5, 0.6) is 0 Å². The third-order valence-corrected chi connectivity index (χ3v) is 2.91. The second kappa shape index (κ2) is 3.14. The quantitative estimate of drug-likeness (QED) is 0.787. The van der Waals surface area contributed by atoms with E-state index in [0.29, 0.717) is 0 Å². The van der Waals surface area contributed by atoms with Crippen LogP contribution in [0.1, 0.15) is 13.8 Å². The van der Waals surface area contributed by atoms with Gasteiger partial charge in [0.25, 0.3) is 0 Å². The van der Waals surface area contributed by atoms with Gasteiger partial charge in [-0.05, 0) is 5.41 Å². The second-order valence-electron chi connectivity index (χ2n) is 3.72. The third-order valence-electron chi connectivity index (χ3n) is 2.55. The maximum atomic E-state index is 13.2. The third kappa shape index (κ3) is 1.67. The molecule has 2 unspecified atom stereocenters. The molecule has 0 bridgehead atoms. The molecule has 1 N–H and O–H groups in total. The highest BCUT2D eigenvalue weighted by molar-refractivity contribution is 6.56. The van der Waals surface area contributed by atoms with Gasteiger partial charge in [-0.2, -0.15) is 0 Å². The van der Waals surface area contributed by atoms with Gasteiger partial charge in [-0.25, -0.2) is 4.39 Å². The Morgan fingerprint density at radius 1 is 1.38 bits per heavy atom. The van der Waals surface area contributed by atoms with E-state index < -0.39 is 33.5 Å². The molecule has 5 heteroatoms. The van der Waals surface area contributed by atoms with E-state index in [-0.39, 0.29) is 0 Å². The number of hydrogen-bond donors (Lipinski definition) is 1. The number of allylic oxidation sites excluding steroid dienone is 1. The number of halogens is 3. The molecule has 0 spiro atoms. The predicted molar refractivity (Wildman–Crippen MR) is 48.2 cm³/mol. The molecular formula is C8H9Cl2FO2. The summed E-state index contributed by atoms with van der Waals surface area (Å²) in [5, 5.41) is 8.71. The largest absolute Gasteiger partial charge is 0.481 e. The molecule has 0 saturated heterocycles. The van der Waals surface area contributed by atoms with Crippen LogP contribution in [0, 0.1) is 17.3 Å². The molecule has 0 aromatic rings. The van der Waals surface area contributed by atoms with Gasteiger partial charge in [0.2, 0.25) is 0 Å². The number of aliphatic carboxylic acids is 1. The molecule has 1 aliphatic rings. The fourth-order valence-electron chi connectivity index (χ4n) is 1.69. The van der Waals surface area contributed by atoms with E-state index in [2.05, 4.69) is 0 Å². The molecule has 1 fully saturated rings. The predicted octanol–water partition coefficient (Wildman–Crippen LogP) is 2.96. The summed E-state index contributed by atoms with van der Waals surface area (Å²) < 4.78 is 12.7. The first kappa shape index (κ1) is 10.8. The first-order valence-electron chi connectivity index (χ1n) is 3.73. The van der Waals surface area contributed by atoms with Crippen molar-refractivity contribution < 1.29 is 14.3 Å². The SMILES string of the molecule is CC1(C)C(C(=O)O)C1C(F)=C(Cl)Cl. The minimum absolute atomic E-state index is 0.471. The second-order valence-corrected chi connectivity index (χ2v) is 4.67. The fraction of sp³-hybridized carbons (Fsp3) is 0.625. The standard InChI is InChI=1S/C8H9Cl2FO2/c1-8(2)3(4(8)7(12)13)5(11)6(9)10/h3-4H,1-2H3,(H,12,13). The Labute approximate surface area is 85.3 Å². The fourth-order valence-corrected chi connectivity index (χ4v) is 1.92. The first-order chi connectivity index (χ1) is 5.80. The molecule has 2 atom stereocenters. The van der Waals surface area contributed by atoms with Crippen LogP contribution in [0.4, 0.5) is 4.39 Å². The first-order valence-corrected chi connectivity index (χ1v) is 4.49. The van der Waals surface area contributed by atoms with Crippen LogP contribution >= 0.6 is 23.2 Å². The van der Waals surface area contributed by atoms with E-state index in [9.17, 15) is 9.18 Å². The number of carboxylic acids is 1. The highest BCUT2D eigenvalue weighted by Gasteiger charge is 2.64. The lowest BCUT2D eigenvalue weighted by molar-refractivity contribution is -0.139. The molecular weight excluding hydrogens is 218 g/mol. The van der Waals surface area contributed by atoms with Crippen LogP contribution in [-0.2, 0) is 4.79 Å². The molecule has 13 heavy (non-hydrogen) atoms. The molecule has 0 aromatic heterocycles. The van der Waals surface area contributed by atoms with Gasteiger partial charge in [-0.15, -0.1) is 0 Å². The van der Waals surface area contributed by atoms with Gasteiger partial charge in [0.05, 0.1) is 5.92 Å². The van der Waals surface area contributed by atoms with E-state index >= 15 is 0 Å². The number of hydrogen-bond acceptors (Lipinski definition) is 1. The van der Waals surface area contributed by atoms with Gasteiger partial charge >= 0.3 is 5.97 Å². The van der Waals surface area contributed by atoms with E-state index in [4.69, 9.17) is 28.3 Å². The lowest BCUT2D eigenvalue weighted by atomic mass is 10.1. The number of carbonyl (C=O) groups is 1. The van der Waals surface area contributed by atoms with E-state index in [1.807, 2.05) is 0 Å². The van der Waals surface area contributed by atoms with Crippen molar-refractivity contribution >= 4 is 29.2 Å². The molecule has 0 aliphatic heterocycles. The van der Waals surface area contributed by atoms with Gasteiger partial charge in [0, 0.05) is 5.92 Å². The van der Waals surface area contributed by atoms with Gasteiger partial charge in [-0.3, -0.25) is 4.79 Å². The van der Waals surface area contributed by atoms with E-state index in [1.54, 1.807) is 13.8 Å². The van der Waals surface area contributed by atoms with Crippen LogP contribution < -0.4 is 0 Å². The summed E-state index contributed by atoms with van der Waals surface area (Å²) in [6, 6.07) is 0. The van der Waals surface area contributed by atoms with Gasteiger partial charge < -0.3 is 5.11 Å². The average molecular weight is 227 g/mol. The zero-order valence-corrected chi connectivity index (χ0v) is 8.66. The van der Waals surface area contributed by atoms with Crippen LogP contribution in [0.3, 0.4) is 0 Å². The summed E-state index contributed by atoms with van der Waals surface area (Å²) in [5.74, 6) is -3.14. The highest BCUT2D eigenvalue weighted by atomic mass is 35.5. The van der Waals surface area contributed by atoms with Crippen LogP contribution in [-0.4, -0.2) is 11.1 Å². The molecule has 1 rings (SSSR count). The Balaban J connectivity index is 2.89. The summed E-state index contributed by atoms with van der Waals surface area (Å²) in [4.78, 5) is 10.6. The van der Waals surface area contributed by atoms with E-state index in [1.165, 1.54) is 0 Å². The Hall–Kier alpha value is -0.280. The highest BCUT2D eigenvalue weighted by Crippen LogP contribution is 2.62. The molecule has 74 valence electrons. The van der Waals surface area contributed by atoms with Crippen LogP contribution in [0.25, 0.3) is 0 Å². The van der Waals surface area contributed by atoms with E-state index in [0.717, 1.165) is 0 Å². The minimum Gasteiger partial charge on any atom is -0.481 e. The van der Waals surface area contributed by atoms with Gasteiger partial charge in [-0.1, -0.05) is 37.0 Å². The summed E-state index contributed by atoms with van der Waals surface area (Å²) in [5.41, 5.74) is -0.592. The van der Waals surface area contributed by atoms with Crippen molar-refractivity contribution in [2.45, 2.75) is 13.8 Å². The molecule has 0 aromatic carbocycles. The number of rotatable bonds is 2. The lowest BCUT2D eigenvalue weighted by Gasteiger charge is -1.98. The summed E-state index contributed by atoms with van der Waals surface area (Å²) in [6.07, 6.45) is 0. The maximum absolute atomic E-state index is 13.2. The van der Waals surface area contributed by atoms with Crippen molar-refractivity contribution in [2.24, 2.45) is 17.3 Å². The van der Waals surface area contributed by atoms with Crippen molar-refractivity contribution in [3.05, 3.63) is 10.3 Å². The van der Waals surface area contributed by atoms with Crippen LogP contribution in [0.2, 0.25) is 0 Å². The van der Waals surface area contributed by atoms with Crippen molar-refractivity contribution in [1.29, 1.82) is 0 Å². The lowest BCUT2D eigenvalue weighted by Crippen LogP contribution is -2.03. The smallest absolute Gasteiger partial charge is 0.307 e. The number of carboxylic acid groups (broad SMARTS) is 1. The Morgan fingerprint density at radius 3 is 2.08 bits per heavy atom. The Kier molecular flexibility index (Phi) is 2.61. The molecule has 0 radical (unpaired) electrons. The molecule has 1 saturated carbocycles. The van der Waals surface area contributed by atoms with Crippen molar-refractivity contribution in [3.63, 3.8) is 0 Å². The Bertz CT molecular complexity index is 282. The molecule has 2 nitrogen and oxygen atoms in total. The summed E-state index contributed by atoms with van der Waals surface area (Å²) in [7, 11) is 0. The van der Waals surface area contributed by atoms with Crippen molar-refractivity contribution in [1.82, 2.24) is 0 Å². The summed E-state index contributed by atoms with van der Waals surface area (Å²) in [6.45, 7) is 3.35. The molecule has 1 aliphatic carbocycles. The maximum Gasteiger partial charge on any atom is 0.307 e. The van der Waals surface area contributed by atoms with Crippen molar-refractivity contribution in [3.8, 4) is 0 Å². The molecule has 0 amide bonds. The Morgan fingerprint density at radius 2 is 1.85 bits per heavy atom. The zero-order chi connectivity index (χ0) is 10.4. The molecule has 0 heterocycles. The van der Waals surface area contributed by atoms with Gasteiger partial charge in [0.1, 0.15) is 10.3 Å². The summed E-state index contributed by atoms with van der Waals surface area (Å²) >= 11 is 10.5. The average Bonchev–Trinajstić information content (AvgIpc) is 2.51. The topological polar surface area (TPSA) is 37.3 Å².